The number of rotatable bonds is 5. The number of aryl methyl sites for hydroxylation is 1. The first-order chi connectivity index (χ1) is 11.6. The summed E-state index contributed by atoms with van der Waals surface area (Å²) in [4.78, 5) is 22.6. The lowest BCUT2D eigenvalue weighted by molar-refractivity contribution is 0.0252. The standard InChI is InChI=1S/C16H22N6O2/c1-2-22-10-13(9-20-22)14(23)19-11-16(24)5-3-8-21(12-16)15-17-6-4-7-18-15/h4,6-7,9-10,24H,2-3,5,8,11-12H2,1H3,(H,19,23). The zero-order chi connectivity index (χ0) is 17.0. The number of nitrogens with one attached hydrogen (secondary N) is 1. The SMILES string of the molecule is CCn1cc(C(=O)NCC2(O)CCCN(c3ncccn3)C2)cn1. The van der Waals surface area contributed by atoms with E-state index in [1.54, 1.807) is 29.3 Å². The maximum Gasteiger partial charge on any atom is 0.254 e. The van der Waals surface area contributed by atoms with Crippen LogP contribution in [0.5, 0.6) is 0 Å². The molecule has 24 heavy (non-hydrogen) atoms. The van der Waals surface area contributed by atoms with Gasteiger partial charge in [0.25, 0.3) is 5.91 Å². The third-order valence-corrected chi connectivity index (χ3v) is 4.19. The van der Waals surface area contributed by atoms with E-state index in [0.717, 1.165) is 13.0 Å². The molecular formula is C16H22N6O2. The van der Waals surface area contributed by atoms with Gasteiger partial charge in [0.2, 0.25) is 5.95 Å². The van der Waals surface area contributed by atoms with Crippen molar-refractivity contribution in [3.05, 3.63) is 36.4 Å². The number of anilines is 1. The lowest BCUT2D eigenvalue weighted by atomic mass is 9.93. The van der Waals surface area contributed by atoms with Gasteiger partial charge in [-0.2, -0.15) is 5.10 Å². The Morgan fingerprint density at radius 1 is 1.42 bits per heavy atom. The summed E-state index contributed by atoms with van der Waals surface area (Å²) in [6.07, 6.45) is 8.05. The Balaban J connectivity index is 1.60. The number of carbonyl (C=O) groups is 1. The Labute approximate surface area is 140 Å². The number of nitrogens with zero attached hydrogens (tertiary/aromatic N) is 5. The summed E-state index contributed by atoms with van der Waals surface area (Å²) in [5, 5.41) is 17.7. The van der Waals surface area contributed by atoms with Crippen LogP contribution in [0.1, 0.15) is 30.1 Å². The number of piperidine rings is 1. The molecule has 2 aromatic heterocycles. The van der Waals surface area contributed by atoms with Gasteiger partial charge in [-0.05, 0) is 25.8 Å². The smallest absolute Gasteiger partial charge is 0.254 e. The second kappa shape index (κ2) is 6.96. The van der Waals surface area contributed by atoms with Crippen LogP contribution in [-0.4, -0.2) is 56.0 Å². The maximum atomic E-state index is 12.2. The molecule has 128 valence electrons. The van der Waals surface area contributed by atoms with Crippen LogP contribution in [0, 0.1) is 0 Å². The Morgan fingerprint density at radius 3 is 2.92 bits per heavy atom. The van der Waals surface area contributed by atoms with Gasteiger partial charge < -0.3 is 15.3 Å². The first-order valence-electron chi connectivity index (χ1n) is 8.15. The lowest BCUT2D eigenvalue weighted by Gasteiger charge is -2.39. The van der Waals surface area contributed by atoms with Crippen LogP contribution in [0.3, 0.4) is 0 Å². The van der Waals surface area contributed by atoms with Crippen LogP contribution in [0.25, 0.3) is 0 Å². The van der Waals surface area contributed by atoms with E-state index in [4.69, 9.17) is 0 Å². The lowest BCUT2D eigenvalue weighted by Crippen LogP contribution is -2.54. The van der Waals surface area contributed by atoms with Crippen LogP contribution in [0.15, 0.2) is 30.9 Å². The number of carbonyl (C=O) groups excluding carboxylic acids is 1. The van der Waals surface area contributed by atoms with Gasteiger partial charge in [0.15, 0.2) is 0 Å². The van der Waals surface area contributed by atoms with E-state index in [-0.39, 0.29) is 12.5 Å². The molecule has 2 N–H and O–H groups in total. The molecule has 0 bridgehead atoms. The van der Waals surface area contributed by atoms with Gasteiger partial charge in [0, 0.05) is 38.2 Å². The second-order valence-electron chi connectivity index (χ2n) is 6.07. The molecule has 0 aromatic carbocycles. The van der Waals surface area contributed by atoms with Crippen LogP contribution < -0.4 is 10.2 Å². The summed E-state index contributed by atoms with van der Waals surface area (Å²) in [5.74, 6) is 0.377. The van der Waals surface area contributed by atoms with E-state index in [0.29, 0.717) is 31.0 Å². The van der Waals surface area contributed by atoms with Crippen LogP contribution in [-0.2, 0) is 6.54 Å². The molecule has 8 nitrogen and oxygen atoms in total. The van der Waals surface area contributed by atoms with Crippen molar-refractivity contribution in [2.24, 2.45) is 0 Å². The molecule has 3 heterocycles. The highest BCUT2D eigenvalue weighted by Gasteiger charge is 2.34. The van der Waals surface area contributed by atoms with Crippen molar-refractivity contribution in [3.63, 3.8) is 0 Å². The molecule has 0 radical (unpaired) electrons. The van der Waals surface area contributed by atoms with Gasteiger partial charge in [0.05, 0.1) is 23.9 Å². The van der Waals surface area contributed by atoms with Gasteiger partial charge >= 0.3 is 0 Å². The van der Waals surface area contributed by atoms with E-state index in [9.17, 15) is 9.90 Å². The topological polar surface area (TPSA) is 96.2 Å². The largest absolute Gasteiger partial charge is 0.386 e. The molecular weight excluding hydrogens is 308 g/mol. The number of aromatic nitrogens is 4. The van der Waals surface area contributed by atoms with Crippen LogP contribution >= 0.6 is 0 Å². The van der Waals surface area contributed by atoms with E-state index in [2.05, 4.69) is 20.4 Å². The monoisotopic (exact) mass is 330 g/mol. The predicted octanol–water partition coefficient (Wildman–Crippen LogP) is 0.454. The van der Waals surface area contributed by atoms with E-state index in [1.165, 1.54) is 6.20 Å². The first kappa shape index (κ1) is 16.4. The third kappa shape index (κ3) is 3.70. The maximum absolute atomic E-state index is 12.2. The van der Waals surface area contributed by atoms with Gasteiger partial charge in [-0.3, -0.25) is 9.48 Å². The zero-order valence-corrected chi connectivity index (χ0v) is 13.7. The Hall–Kier alpha value is -2.48. The average molecular weight is 330 g/mol. The average Bonchev–Trinajstić information content (AvgIpc) is 3.10. The number of amides is 1. The molecule has 0 spiro atoms. The van der Waals surface area contributed by atoms with E-state index < -0.39 is 5.60 Å². The highest BCUT2D eigenvalue weighted by molar-refractivity contribution is 5.93. The number of aliphatic hydroxyl groups is 1. The first-order valence-corrected chi connectivity index (χ1v) is 8.15. The fourth-order valence-corrected chi connectivity index (χ4v) is 2.88. The van der Waals surface area contributed by atoms with Crippen molar-refractivity contribution in [2.45, 2.75) is 31.9 Å². The van der Waals surface area contributed by atoms with E-state index in [1.807, 2.05) is 11.8 Å². The Kier molecular flexibility index (Phi) is 4.75. The molecule has 3 rings (SSSR count). The van der Waals surface area contributed by atoms with Gasteiger partial charge in [-0.15, -0.1) is 0 Å². The summed E-state index contributed by atoms with van der Waals surface area (Å²) in [6.45, 7) is 4.05. The molecule has 0 aliphatic carbocycles. The molecule has 0 saturated carbocycles. The van der Waals surface area contributed by atoms with Crippen LogP contribution in [0.4, 0.5) is 5.95 Å². The molecule has 1 fully saturated rings. The molecule has 1 aliphatic heterocycles. The highest BCUT2D eigenvalue weighted by atomic mass is 16.3. The van der Waals surface area contributed by atoms with Crippen molar-refractivity contribution >= 4 is 11.9 Å². The number of β-amino-alcohol motifs (C(OH)–C–C–N with tert-alkyl or cyclic N) is 1. The summed E-state index contributed by atoms with van der Waals surface area (Å²) >= 11 is 0. The fraction of sp³-hybridized carbons (Fsp3) is 0.500. The molecule has 2 aromatic rings. The van der Waals surface area contributed by atoms with Crippen molar-refractivity contribution in [2.75, 3.05) is 24.5 Å². The Morgan fingerprint density at radius 2 is 2.21 bits per heavy atom. The van der Waals surface area contributed by atoms with Gasteiger partial charge in [0.1, 0.15) is 0 Å². The van der Waals surface area contributed by atoms with Crippen molar-refractivity contribution in [1.82, 2.24) is 25.1 Å². The van der Waals surface area contributed by atoms with E-state index >= 15 is 0 Å². The summed E-state index contributed by atoms with van der Waals surface area (Å²) in [7, 11) is 0. The minimum atomic E-state index is -0.992. The highest BCUT2D eigenvalue weighted by Crippen LogP contribution is 2.23. The summed E-state index contributed by atoms with van der Waals surface area (Å²) < 4.78 is 1.69. The number of hydrogen-bond acceptors (Lipinski definition) is 6. The van der Waals surface area contributed by atoms with Gasteiger partial charge in [-0.25, -0.2) is 9.97 Å². The van der Waals surface area contributed by atoms with Crippen molar-refractivity contribution in [1.29, 1.82) is 0 Å². The molecule has 1 unspecified atom stereocenters. The molecule has 8 heteroatoms. The van der Waals surface area contributed by atoms with Crippen molar-refractivity contribution < 1.29 is 9.90 Å². The van der Waals surface area contributed by atoms with Crippen LogP contribution in [0.2, 0.25) is 0 Å². The molecule has 1 aliphatic rings. The number of hydrogen-bond donors (Lipinski definition) is 2. The fourth-order valence-electron chi connectivity index (χ4n) is 2.88. The molecule has 1 saturated heterocycles. The minimum absolute atomic E-state index is 0.187. The van der Waals surface area contributed by atoms with Crippen molar-refractivity contribution in [3.8, 4) is 0 Å². The molecule has 1 atom stereocenters. The predicted molar refractivity (Wildman–Crippen MR) is 88.7 cm³/mol. The molecule has 1 amide bonds. The Bertz CT molecular complexity index is 689. The normalized spacial score (nSPS) is 20.8. The minimum Gasteiger partial charge on any atom is -0.386 e. The van der Waals surface area contributed by atoms with Gasteiger partial charge in [-0.1, -0.05) is 0 Å². The summed E-state index contributed by atoms with van der Waals surface area (Å²) in [6, 6.07) is 1.76. The summed E-state index contributed by atoms with van der Waals surface area (Å²) in [5.41, 5.74) is -0.493. The zero-order valence-electron chi connectivity index (χ0n) is 13.7. The quantitative estimate of drug-likeness (QED) is 0.826. The second-order valence-corrected chi connectivity index (χ2v) is 6.07. The third-order valence-electron chi connectivity index (χ3n) is 4.19.